The Morgan fingerprint density at radius 1 is 1.19 bits per heavy atom. The summed E-state index contributed by atoms with van der Waals surface area (Å²) in [5, 5.41) is 0. The Balaban J connectivity index is 2.36. The minimum absolute atomic E-state index is 0.349. The predicted molar refractivity (Wildman–Crippen MR) is 85.6 cm³/mol. The van der Waals surface area contributed by atoms with Crippen LogP contribution in [0.1, 0.15) is 41.0 Å². The highest BCUT2D eigenvalue weighted by molar-refractivity contribution is 9.10. The molecule has 0 amide bonds. The van der Waals surface area contributed by atoms with E-state index in [2.05, 4.69) is 15.9 Å². The summed E-state index contributed by atoms with van der Waals surface area (Å²) in [5.41, 5.74) is -0.671. The third-order valence-electron chi connectivity index (χ3n) is 4.04. The molecule has 0 unspecified atom stereocenters. The highest BCUT2D eigenvalue weighted by Crippen LogP contribution is 2.38. The number of benzene rings is 1. The first-order chi connectivity index (χ1) is 9.69. The van der Waals surface area contributed by atoms with Gasteiger partial charge in [0.1, 0.15) is 11.6 Å². The van der Waals surface area contributed by atoms with Gasteiger partial charge in [0.15, 0.2) is 0 Å². The molecule has 1 fully saturated rings. The van der Waals surface area contributed by atoms with Gasteiger partial charge >= 0.3 is 7.12 Å². The van der Waals surface area contributed by atoms with Crippen LogP contribution in [0.3, 0.4) is 0 Å². The second-order valence-corrected chi connectivity index (χ2v) is 7.00. The van der Waals surface area contributed by atoms with Crippen molar-refractivity contribution >= 4 is 28.5 Å². The van der Waals surface area contributed by atoms with E-state index in [4.69, 9.17) is 14.0 Å². The molecular weight excluding hydrogens is 338 g/mol. The smallest absolute Gasteiger partial charge is 0.492 e. The van der Waals surface area contributed by atoms with E-state index in [1.165, 1.54) is 6.07 Å². The molecule has 6 heteroatoms. The van der Waals surface area contributed by atoms with E-state index in [-0.39, 0.29) is 5.82 Å². The fraction of sp³-hybridized carbons (Fsp3) is 0.600. The molecule has 0 bridgehead atoms. The zero-order valence-corrected chi connectivity index (χ0v) is 14.7. The molecule has 0 saturated carbocycles. The van der Waals surface area contributed by atoms with Crippen LogP contribution in [0.5, 0.6) is 5.75 Å². The van der Waals surface area contributed by atoms with Gasteiger partial charge in [0.25, 0.3) is 0 Å². The van der Waals surface area contributed by atoms with Crippen LogP contribution in [-0.4, -0.2) is 24.9 Å². The maximum absolute atomic E-state index is 14.3. The van der Waals surface area contributed by atoms with E-state index >= 15 is 0 Å². The summed E-state index contributed by atoms with van der Waals surface area (Å²) in [4.78, 5) is 0. The number of hydrogen-bond acceptors (Lipinski definition) is 3. The van der Waals surface area contributed by atoms with Gasteiger partial charge in [-0.2, -0.15) is 0 Å². The van der Waals surface area contributed by atoms with Gasteiger partial charge in [0.05, 0.1) is 22.3 Å². The summed E-state index contributed by atoms with van der Waals surface area (Å²) >= 11 is 3.42. The summed E-state index contributed by atoms with van der Waals surface area (Å²) in [6.45, 7) is 10.4. The number of hydrogen-bond donors (Lipinski definition) is 0. The van der Waals surface area contributed by atoms with Gasteiger partial charge < -0.3 is 14.0 Å². The normalized spacial score (nSPS) is 19.9. The second kappa shape index (κ2) is 5.90. The van der Waals surface area contributed by atoms with Gasteiger partial charge in [-0.1, -0.05) is 6.92 Å². The van der Waals surface area contributed by atoms with Crippen LogP contribution in [0.4, 0.5) is 4.39 Å². The molecule has 0 spiro atoms. The number of ether oxygens (including phenoxy) is 1. The zero-order valence-electron chi connectivity index (χ0n) is 13.1. The minimum Gasteiger partial charge on any atom is -0.492 e. The monoisotopic (exact) mass is 358 g/mol. The van der Waals surface area contributed by atoms with Gasteiger partial charge in [-0.15, -0.1) is 0 Å². The lowest BCUT2D eigenvalue weighted by Crippen LogP contribution is -2.41. The highest BCUT2D eigenvalue weighted by atomic mass is 79.9. The van der Waals surface area contributed by atoms with E-state index in [1.54, 1.807) is 6.07 Å². The third kappa shape index (κ3) is 3.12. The molecular formula is C15H21BBrFO3. The topological polar surface area (TPSA) is 27.7 Å². The van der Waals surface area contributed by atoms with Crippen molar-refractivity contribution in [1.82, 2.24) is 0 Å². The Labute approximate surface area is 134 Å². The second-order valence-electron chi connectivity index (χ2n) is 6.21. The quantitative estimate of drug-likeness (QED) is 0.768. The van der Waals surface area contributed by atoms with Crippen molar-refractivity contribution in [2.75, 3.05) is 6.61 Å². The Hall–Kier alpha value is -0.585. The standard InChI is InChI=1S/C15H21BBrFO3/c1-6-9-19-11-8-7-10(18)12(13(11)17)16-20-14(2,3)15(4,5)21-16/h7-8H,6,9H2,1-5H3. The Morgan fingerprint density at radius 3 is 2.29 bits per heavy atom. The first kappa shape index (κ1) is 16.8. The largest absolute Gasteiger partial charge is 0.499 e. The maximum atomic E-state index is 14.3. The molecule has 0 atom stereocenters. The first-order valence-corrected chi connectivity index (χ1v) is 7.95. The Morgan fingerprint density at radius 2 is 1.76 bits per heavy atom. The van der Waals surface area contributed by atoms with Crippen LogP contribution in [0, 0.1) is 5.82 Å². The van der Waals surface area contributed by atoms with E-state index in [0.29, 0.717) is 22.3 Å². The summed E-state index contributed by atoms with van der Waals surface area (Å²) in [5.74, 6) is 0.229. The molecule has 3 nitrogen and oxygen atoms in total. The molecule has 0 aromatic heterocycles. The van der Waals surface area contributed by atoms with Crippen molar-refractivity contribution in [3.05, 3.63) is 22.4 Å². The minimum atomic E-state index is -0.755. The van der Waals surface area contributed by atoms with Crippen LogP contribution in [0.25, 0.3) is 0 Å². The average Bonchev–Trinajstić information content (AvgIpc) is 2.57. The van der Waals surface area contributed by atoms with Crippen molar-refractivity contribution in [2.24, 2.45) is 0 Å². The lowest BCUT2D eigenvalue weighted by Gasteiger charge is -2.32. The first-order valence-electron chi connectivity index (χ1n) is 7.16. The van der Waals surface area contributed by atoms with E-state index in [0.717, 1.165) is 6.42 Å². The summed E-state index contributed by atoms with van der Waals surface area (Å²) < 4.78 is 32.3. The fourth-order valence-corrected chi connectivity index (χ4v) is 2.67. The molecule has 21 heavy (non-hydrogen) atoms. The third-order valence-corrected chi connectivity index (χ3v) is 4.86. The molecule has 116 valence electrons. The van der Waals surface area contributed by atoms with E-state index in [9.17, 15) is 4.39 Å². The fourth-order valence-electron chi connectivity index (χ4n) is 2.05. The van der Waals surface area contributed by atoms with Crippen molar-refractivity contribution in [1.29, 1.82) is 0 Å². The van der Waals surface area contributed by atoms with Crippen LogP contribution in [0.2, 0.25) is 0 Å². The van der Waals surface area contributed by atoms with Crippen molar-refractivity contribution in [3.8, 4) is 5.75 Å². The van der Waals surface area contributed by atoms with Crippen LogP contribution in [-0.2, 0) is 9.31 Å². The van der Waals surface area contributed by atoms with Crippen molar-refractivity contribution in [3.63, 3.8) is 0 Å². The van der Waals surface area contributed by atoms with Crippen LogP contribution >= 0.6 is 15.9 Å². The molecule has 1 saturated heterocycles. The Kier molecular flexibility index (Phi) is 4.71. The van der Waals surface area contributed by atoms with E-state index < -0.39 is 18.3 Å². The van der Waals surface area contributed by atoms with Gasteiger partial charge in [-0.3, -0.25) is 0 Å². The molecule has 0 radical (unpaired) electrons. The molecule has 0 N–H and O–H groups in total. The maximum Gasteiger partial charge on any atom is 0.499 e. The number of rotatable bonds is 4. The number of halogens is 2. The van der Waals surface area contributed by atoms with Crippen LogP contribution in [0.15, 0.2) is 16.6 Å². The highest BCUT2D eigenvalue weighted by Gasteiger charge is 2.53. The molecule has 1 aromatic rings. The Bertz CT molecular complexity index is 518. The van der Waals surface area contributed by atoms with E-state index in [1.807, 2.05) is 34.6 Å². The average molecular weight is 359 g/mol. The summed E-state index contributed by atoms with van der Waals surface area (Å²) in [7, 11) is -0.755. The summed E-state index contributed by atoms with van der Waals surface area (Å²) in [6, 6.07) is 3.00. The summed E-state index contributed by atoms with van der Waals surface area (Å²) in [6.07, 6.45) is 0.885. The lowest BCUT2D eigenvalue weighted by atomic mass is 9.78. The SMILES string of the molecule is CCCOc1ccc(F)c(B2OC(C)(C)C(C)(C)O2)c1Br. The molecule has 1 heterocycles. The molecule has 0 aliphatic carbocycles. The van der Waals surface area contributed by atoms with Gasteiger partial charge in [0.2, 0.25) is 0 Å². The predicted octanol–water partition coefficient (Wildman–Crippen LogP) is 3.68. The molecule has 1 aliphatic rings. The van der Waals surface area contributed by atoms with Crippen LogP contribution < -0.4 is 10.2 Å². The van der Waals surface area contributed by atoms with Gasteiger partial charge in [-0.05, 0) is 62.2 Å². The van der Waals surface area contributed by atoms with Gasteiger partial charge in [0, 0.05) is 5.46 Å². The van der Waals surface area contributed by atoms with Crippen molar-refractivity contribution in [2.45, 2.75) is 52.2 Å². The zero-order chi connectivity index (χ0) is 15.8. The molecule has 1 aliphatic heterocycles. The molecule has 1 aromatic carbocycles. The molecule has 2 rings (SSSR count). The van der Waals surface area contributed by atoms with Crippen molar-refractivity contribution < 1.29 is 18.4 Å². The van der Waals surface area contributed by atoms with Gasteiger partial charge in [-0.25, -0.2) is 4.39 Å². The lowest BCUT2D eigenvalue weighted by molar-refractivity contribution is 0.00578.